The number of likely N-dealkylation sites (tertiary alicyclic amines) is 1. The molecule has 0 saturated carbocycles. The molecule has 2 aliphatic rings. The average molecular weight is 366 g/mol. The molecule has 27 heavy (non-hydrogen) atoms. The number of amides is 1. The maximum Gasteiger partial charge on any atom is 0.274 e. The van der Waals surface area contributed by atoms with Crippen molar-refractivity contribution in [3.05, 3.63) is 41.2 Å². The molecule has 3 heterocycles. The Balaban J connectivity index is 1.74. The van der Waals surface area contributed by atoms with Gasteiger partial charge in [0.1, 0.15) is 11.5 Å². The van der Waals surface area contributed by atoms with Crippen LogP contribution in [0, 0.1) is 18.8 Å². The molecule has 0 radical (unpaired) electrons. The molecule has 2 atom stereocenters. The van der Waals surface area contributed by atoms with Crippen LogP contribution in [0.3, 0.4) is 0 Å². The Labute approximate surface area is 162 Å². The summed E-state index contributed by atoms with van der Waals surface area (Å²) in [6, 6.07) is 8.52. The molecule has 1 amide bonds. The van der Waals surface area contributed by atoms with Gasteiger partial charge in [-0.15, -0.1) is 0 Å². The van der Waals surface area contributed by atoms with Crippen molar-refractivity contribution in [1.82, 2.24) is 14.5 Å². The third-order valence-corrected chi connectivity index (χ3v) is 6.04. The lowest BCUT2D eigenvalue weighted by molar-refractivity contribution is 0.0616. The molecule has 1 aromatic carbocycles. The summed E-state index contributed by atoms with van der Waals surface area (Å²) in [6.07, 6.45) is 5.69. The number of rotatable bonds is 2. The van der Waals surface area contributed by atoms with Crippen LogP contribution in [-0.4, -0.2) is 33.4 Å². The highest BCUT2D eigenvalue weighted by Crippen LogP contribution is 2.29. The smallest absolute Gasteiger partial charge is 0.274 e. The van der Waals surface area contributed by atoms with Crippen molar-refractivity contribution in [3.8, 4) is 11.4 Å². The van der Waals surface area contributed by atoms with Crippen molar-refractivity contribution >= 4 is 5.91 Å². The average Bonchev–Trinajstić information content (AvgIpc) is 2.82. The first kappa shape index (κ1) is 18.3. The summed E-state index contributed by atoms with van der Waals surface area (Å²) in [6.45, 7) is 9.28. The third kappa shape index (κ3) is 3.67. The first-order valence-electron chi connectivity index (χ1n) is 10.5. The standard InChI is InChI=1S/C23H31N3O/c1-16-8-10-19(11-9-16)22-24-21(20-7-5-4-6-12-26(20)22)23(27)25-14-17(2)13-18(3)15-25/h8-11,17-18H,4-7,12-15H2,1-3H3/t17-,18+. The van der Waals surface area contributed by atoms with E-state index in [1.807, 2.05) is 4.90 Å². The molecular weight excluding hydrogens is 334 g/mol. The van der Waals surface area contributed by atoms with Gasteiger partial charge in [-0.1, -0.05) is 50.1 Å². The molecule has 0 bridgehead atoms. The molecule has 4 rings (SSSR count). The molecule has 2 aliphatic heterocycles. The summed E-state index contributed by atoms with van der Waals surface area (Å²) in [5, 5.41) is 0. The number of aromatic nitrogens is 2. The predicted molar refractivity (Wildman–Crippen MR) is 109 cm³/mol. The molecule has 1 saturated heterocycles. The van der Waals surface area contributed by atoms with Gasteiger partial charge in [-0.3, -0.25) is 4.79 Å². The van der Waals surface area contributed by atoms with Gasteiger partial charge in [0.25, 0.3) is 5.91 Å². The highest BCUT2D eigenvalue weighted by Gasteiger charge is 2.31. The van der Waals surface area contributed by atoms with Crippen LogP contribution in [0.1, 0.15) is 61.3 Å². The quantitative estimate of drug-likeness (QED) is 0.773. The van der Waals surface area contributed by atoms with Crippen LogP contribution in [0.5, 0.6) is 0 Å². The number of aryl methyl sites for hydroxylation is 1. The van der Waals surface area contributed by atoms with Crippen molar-refractivity contribution < 1.29 is 4.79 Å². The summed E-state index contributed by atoms with van der Waals surface area (Å²) in [4.78, 5) is 20.4. The normalized spacial score (nSPS) is 23.0. The summed E-state index contributed by atoms with van der Waals surface area (Å²) in [5.74, 6) is 2.23. The zero-order valence-corrected chi connectivity index (χ0v) is 16.9. The van der Waals surface area contributed by atoms with E-state index in [9.17, 15) is 4.79 Å². The SMILES string of the molecule is Cc1ccc(-c2nc(C(=O)N3C[C@H](C)C[C@H](C)C3)c3n2CCCCC3)cc1. The molecule has 144 valence electrons. The number of fused-ring (bicyclic) bond motifs is 1. The van der Waals surface area contributed by atoms with Gasteiger partial charge in [0, 0.05) is 25.2 Å². The van der Waals surface area contributed by atoms with Gasteiger partial charge in [0.15, 0.2) is 0 Å². The summed E-state index contributed by atoms with van der Waals surface area (Å²) >= 11 is 0. The molecule has 2 aromatic rings. The van der Waals surface area contributed by atoms with Crippen LogP contribution in [0.4, 0.5) is 0 Å². The molecule has 1 fully saturated rings. The minimum atomic E-state index is 0.136. The zero-order valence-electron chi connectivity index (χ0n) is 16.9. The van der Waals surface area contributed by atoms with E-state index in [1.165, 1.54) is 18.4 Å². The lowest BCUT2D eigenvalue weighted by Crippen LogP contribution is -2.43. The Hall–Kier alpha value is -2.10. The van der Waals surface area contributed by atoms with Gasteiger partial charge in [0.05, 0.1) is 5.69 Å². The van der Waals surface area contributed by atoms with E-state index >= 15 is 0 Å². The predicted octanol–water partition coefficient (Wildman–Crippen LogP) is 4.70. The van der Waals surface area contributed by atoms with Gasteiger partial charge < -0.3 is 9.47 Å². The van der Waals surface area contributed by atoms with E-state index in [0.29, 0.717) is 17.5 Å². The summed E-state index contributed by atoms with van der Waals surface area (Å²) in [7, 11) is 0. The largest absolute Gasteiger partial charge is 0.337 e. The Morgan fingerprint density at radius 2 is 1.74 bits per heavy atom. The Bertz CT molecular complexity index is 811. The molecule has 0 N–H and O–H groups in total. The molecule has 0 unspecified atom stereocenters. The van der Waals surface area contributed by atoms with E-state index < -0.39 is 0 Å². The summed E-state index contributed by atoms with van der Waals surface area (Å²) < 4.78 is 2.32. The minimum Gasteiger partial charge on any atom is -0.337 e. The van der Waals surface area contributed by atoms with Gasteiger partial charge in [0.2, 0.25) is 0 Å². The fourth-order valence-corrected chi connectivity index (χ4v) is 4.79. The highest BCUT2D eigenvalue weighted by molar-refractivity contribution is 5.94. The van der Waals surface area contributed by atoms with Crippen molar-refractivity contribution in [2.45, 2.75) is 59.4 Å². The second kappa shape index (κ2) is 7.49. The van der Waals surface area contributed by atoms with E-state index in [0.717, 1.165) is 56.0 Å². The molecule has 4 heteroatoms. The zero-order chi connectivity index (χ0) is 19.0. The Morgan fingerprint density at radius 3 is 2.44 bits per heavy atom. The lowest BCUT2D eigenvalue weighted by Gasteiger charge is -2.34. The van der Waals surface area contributed by atoms with Crippen molar-refractivity contribution in [2.75, 3.05) is 13.1 Å². The summed E-state index contributed by atoms with van der Waals surface area (Å²) in [5.41, 5.74) is 4.21. The first-order valence-corrected chi connectivity index (χ1v) is 10.5. The van der Waals surface area contributed by atoms with Gasteiger partial charge in [-0.2, -0.15) is 0 Å². The monoisotopic (exact) mass is 365 g/mol. The van der Waals surface area contributed by atoms with E-state index in [2.05, 4.69) is 49.6 Å². The molecular formula is C23H31N3O. The maximum absolute atomic E-state index is 13.4. The number of imidazole rings is 1. The molecule has 0 spiro atoms. The molecule has 0 aliphatic carbocycles. The van der Waals surface area contributed by atoms with Crippen LogP contribution in [0.15, 0.2) is 24.3 Å². The van der Waals surface area contributed by atoms with Crippen LogP contribution < -0.4 is 0 Å². The van der Waals surface area contributed by atoms with Crippen LogP contribution in [0.2, 0.25) is 0 Å². The number of piperidine rings is 1. The second-order valence-electron chi connectivity index (χ2n) is 8.72. The number of hydrogen-bond acceptors (Lipinski definition) is 2. The van der Waals surface area contributed by atoms with Gasteiger partial charge in [-0.05, 0) is 44.4 Å². The van der Waals surface area contributed by atoms with Crippen LogP contribution >= 0.6 is 0 Å². The molecule has 1 aromatic heterocycles. The van der Waals surface area contributed by atoms with E-state index in [-0.39, 0.29) is 5.91 Å². The third-order valence-electron chi connectivity index (χ3n) is 6.04. The number of carbonyl (C=O) groups excluding carboxylic acids is 1. The lowest BCUT2D eigenvalue weighted by atomic mass is 9.91. The minimum absolute atomic E-state index is 0.136. The van der Waals surface area contributed by atoms with E-state index in [4.69, 9.17) is 4.98 Å². The first-order chi connectivity index (χ1) is 13.0. The molecule has 4 nitrogen and oxygen atoms in total. The van der Waals surface area contributed by atoms with E-state index in [1.54, 1.807) is 0 Å². The van der Waals surface area contributed by atoms with Gasteiger partial charge >= 0.3 is 0 Å². The fraction of sp³-hybridized carbons (Fsp3) is 0.565. The Kier molecular flexibility index (Phi) is 5.07. The number of nitrogens with zero attached hydrogens (tertiary/aromatic N) is 3. The van der Waals surface area contributed by atoms with Crippen LogP contribution in [0.25, 0.3) is 11.4 Å². The van der Waals surface area contributed by atoms with Crippen LogP contribution in [-0.2, 0) is 13.0 Å². The fourth-order valence-electron chi connectivity index (χ4n) is 4.79. The topological polar surface area (TPSA) is 38.1 Å². The van der Waals surface area contributed by atoms with Crippen molar-refractivity contribution in [2.24, 2.45) is 11.8 Å². The maximum atomic E-state index is 13.4. The van der Waals surface area contributed by atoms with Gasteiger partial charge in [-0.25, -0.2) is 4.98 Å². The number of carbonyl (C=O) groups is 1. The van der Waals surface area contributed by atoms with Crippen molar-refractivity contribution in [3.63, 3.8) is 0 Å². The Morgan fingerprint density at radius 1 is 1.04 bits per heavy atom. The number of hydrogen-bond donors (Lipinski definition) is 0. The highest BCUT2D eigenvalue weighted by atomic mass is 16.2. The number of benzene rings is 1. The van der Waals surface area contributed by atoms with Crippen molar-refractivity contribution in [1.29, 1.82) is 0 Å². The second-order valence-corrected chi connectivity index (χ2v) is 8.72.